The first-order chi connectivity index (χ1) is 17.7. The van der Waals surface area contributed by atoms with E-state index in [4.69, 9.17) is 0 Å². The van der Waals surface area contributed by atoms with Gasteiger partial charge in [0.15, 0.2) is 5.82 Å². The molecule has 0 radical (unpaired) electrons. The maximum atomic E-state index is 13.4. The number of fused-ring (bicyclic) bond motifs is 1. The molecular formula is C28H26N6O2. The van der Waals surface area contributed by atoms with Gasteiger partial charge in [-0.3, -0.25) is 19.1 Å². The van der Waals surface area contributed by atoms with Gasteiger partial charge in [0.25, 0.3) is 5.56 Å². The van der Waals surface area contributed by atoms with Gasteiger partial charge >= 0.3 is 0 Å². The number of carbonyl (C=O) groups is 1. The zero-order valence-corrected chi connectivity index (χ0v) is 19.6. The highest BCUT2D eigenvalue weighted by Gasteiger charge is 2.15. The summed E-state index contributed by atoms with van der Waals surface area (Å²) < 4.78 is 1.47. The van der Waals surface area contributed by atoms with Crippen molar-refractivity contribution in [2.45, 2.75) is 19.5 Å². The van der Waals surface area contributed by atoms with Crippen molar-refractivity contribution in [3.05, 3.63) is 113 Å². The second kappa shape index (κ2) is 10.7. The molecule has 5 aromatic rings. The molecular weight excluding hydrogens is 452 g/mol. The molecule has 5 rings (SSSR count). The van der Waals surface area contributed by atoms with Gasteiger partial charge < -0.3 is 15.6 Å². The fourth-order valence-electron chi connectivity index (χ4n) is 4.10. The lowest BCUT2D eigenvalue weighted by atomic mass is 10.1. The van der Waals surface area contributed by atoms with Crippen LogP contribution in [0.4, 0.5) is 5.82 Å². The number of nitrogens with zero attached hydrogens (tertiary/aromatic N) is 3. The summed E-state index contributed by atoms with van der Waals surface area (Å²) in [5.41, 5.74) is 4.04. The fourth-order valence-corrected chi connectivity index (χ4v) is 4.10. The van der Waals surface area contributed by atoms with Crippen LogP contribution in [0.3, 0.4) is 0 Å². The first-order valence-corrected chi connectivity index (χ1v) is 11.8. The summed E-state index contributed by atoms with van der Waals surface area (Å²) in [6.45, 7) is 0.745. The van der Waals surface area contributed by atoms with E-state index in [0.29, 0.717) is 18.8 Å². The molecule has 0 fully saturated rings. The molecule has 1 amide bonds. The quantitative estimate of drug-likeness (QED) is 0.299. The van der Waals surface area contributed by atoms with E-state index >= 15 is 0 Å². The second-order valence-electron chi connectivity index (χ2n) is 8.45. The first-order valence-electron chi connectivity index (χ1n) is 11.8. The summed E-state index contributed by atoms with van der Waals surface area (Å²) >= 11 is 0. The number of pyridine rings is 1. The van der Waals surface area contributed by atoms with Crippen LogP contribution >= 0.6 is 0 Å². The van der Waals surface area contributed by atoms with Crippen molar-refractivity contribution in [1.29, 1.82) is 0 Å². The van der Waals surface area contributed by atoms with Crippen LogP contribution in [-0.2, 0) is 24.3 Å². The van der Waals surface area contributed by atoms with Gasteiger partial charge in [-0.05, 0) is 29.7 Å². The molecule has 0 atom stereocenters. The number of aromatic nitrogens is 4. The molecule has 0 saturated heterocycles. The van der Waals surface area contributed by atoms with E-state index in [1.807, 2.05) is 72.8 Å². The van der Waals surface area contributed by atoms with Crippen molar-refractivity contribution in [3.8, 4) is 11.3 Å². The van der Waals surface area contributed by atoms with Gasteiger partial charge in [-0.25, -0.2) is 4.98 Å². The van der Waals surface area contributed by atoms with Crippen molar-refractivity contribution in [2.75, 3.05) is 11.9 Å². The molecule has 8 heteroatoms. The maximum absolute atomic E-state index is 13.4. The Labute approximate surface area is 208 Å². The lowest BCUT2D eigenvalue weighted by Gasteiger charge is -2.15. The van der Waals surface area contributed by atoms with Crippen molar-refractivity contribution in [2.24, 2.45) is 0 Å². The highest BCUT2D eigenvalue weighted by Crippen LogP contribution is 2.18. The summed E-state index contributed by atoms with van der Waals surface area (Å²) in [7, 11) is 0. The van der Waals surface area contributed by atoms with Gasteiger partial charge in [0.1, 0.15) is 6.54 Å². The maximum Gasteiger partial charge on any atom is 0.294 e. The topological polar surface area (TPSA) is 105 Å². The van der Waals surface area contributed by atoms with Crippen LogP contribution in [0.1, 0.15) is 11.3 Å². The molecule has 0 unspecified atom stereocenters. The molecule has 8 nitrogen and oxygen atoms in total. The van der Waals surface area contributed by atoms with E-state index in [-0.39, 0.29) is 23.8 Å². The van der Waals surface area contributed by atoms with Gasteiger partial charge in [-0.1, -0.05) is 60.7 Å². The number of aromatic amines is 1. The minimum absolute atomic E-state index is 0.124. The second-order valence-corrected chi connectivity index (χ2v) is 8.45. The highest BCUT2D eigenvalue weighted by atomic mass is 16.2. The van der Waals surface area contributed by atoms with E-state index in [1.54, 1.807) is 18.6 Å². The Bertz CT molecular complexity index is 1490. The van der Waals surface area contributed by atoms with E-state index < -0.39 is 0 Å². The Hall–Kier alpha value is -4.72. The predicted octanol–water partition coefficient (Wildman–Crippen LogP) is 3.76. The third kappa shape index (κ3) is 5.33. The van der Waals surface area contributed by atoms with Gasteiger partial charge in [-0.15, -0.1) is 0 Å². The summed E-state index contributed by atoms with van der Waals surface area (Å²) in [6.07, 6.45) is 5.88. The van der Waals surface area contributed by atoms with Crippen LogP contribution in [0.15, 0.2) is 96.2 Å². The fraction of sp³-hybridized carbons (Fsp3) is 0.143. The third-order valence-corrected chi connectivity index (χ3v) is 5.93. The van der Waals surface area contributed by atoms with E-state index in [9.17, 15) is 9.59 Å². The largest absolute Gasteiger partial charge is 0.365 e. The first kappa shape index (κ1) is 23.0. The Morgan fingerprint density at radius 3 is 2.53 bits per heavy atom. The number of carbonyl (C=O) groups excluding carboxylic acids is 1. The van der Waals surface area contributed by atoms with Crippen LogP contribution in [0.2, 0.25) is 0 Å². The normalized spacial score (nSPS) is 10.9. The Balaban J connectivity index is 1.33. The molecule has 0 saturated carbocycles. The Morgan fingerprint density at radius 2 is 1.75 bits per heavy atom. The van der Waals surface area contributed by atoms with E-state index in [0.717, 1.165) is 28.6 Å². The lowest BCUT2D eigenvalue weighted by Crippen LogP contribution is -2.34. The van der Waals surface area contributed by atoms with Crippen LogP contribution in [0.5, 0.6) is 0 Å². The monoisotopic (exact) mass is 478 g/mol. The molecule has 0 spiro atoms. The number of H-pyrrole nitrogens is 1. The smallest absolute Gasteiger partial charge is 0.294 e. The van der Waals surface area contributed by atoms with Crippen LogP contribution in [0.25, 0.3) is 22.2 Å². The highest BCUT2D eigenvalue weighted by molar-refractivity contribution is 5.80. The molecule has 180 valence electrons. The third-order valence-electron chi connectivity index (χ3n) is 5.93. The number of anilines is 1. The predicted molar refractivity (Wildman–Crippen MR) is 141 cm³/mol. The standard InChI is InChI=1S/C28H26N6O2/c35-26(31-17-23-15-22-16-29-13-12-24(22)33-23)19-34-25(21-9-5-2-6-10-21)18-32-27(28(34)36)30-14-11-20-7-3-1-4-8-20/h1-10,12-13,15-16,18,33H,11,14,17,19H2,(H,30,32)(H,31,35). The van der Waals surface area contributed by atoms with Crippen LogP contribution < -0.4 is 16.2 Å². The van der Waals surface area contributed by atoms with Crippen molar-refractivity contribution < 1.29 is 4.79 Å². The summed E-state index contributed by atoms with van der Waals surface area (Å²) in [5.74, 6) is -0.0472. The Morgan fingerprint density at radius 1 is 0.972 bits per heavy atom. The zero-order chi connectivity index (χ0) is 24.7. The number of rotatable bonds is 9. The van der Waals surface area contributed by atoms with Crippen molar-refractivity contribution >= 4 is 22.6 Å². The summed E-state index contributed by atoms with van der Waals surface area (Å²) in [4.78, 5) is 38.1. The van der Waals surface area contributed by atoms with Gasteiger partial charge in [-0.2, -0.15) is 0 Å². The molecule has 3 heterocycles. The molecule has 0 aliphatic carbocycles. The Kier molecular flexibility index (Phi) is 6.84. The van der Waals surface area contributed by atoms with Gasteiger partial charge in [0.2, 0.25) is 5.91 Å². The average molecular weight is 479 g/mol. The minimum atomic E-state index is -0.337. The van der Waals surface area contributed by atoms with Crippen molar-refractivity contribution in [1.82, 2.24) is 24.8 Å². The molecule has 3 aromatic heterocycles. The molecule has 0 aliphatic rings. The average Bonchev–Trinajstić information content (AvgIpc) is 3.34. The SMILES string of the molecule is O=C(Cn1c(-c2ccccc2)cnc(NCCc2ccccc2)c1=O)NCc1cc2cnccc2[nH]1. The summed E-state index contributed by atoms with van der Waals surface area (Å²) in [5, 5.41) is 7.02. The van der Waals surface area contributed by atoms with E-state index in [2.05, 4.69) is 25.6 Å². The number of amides is 1. The molecule has 0 bridgehead atoms. The minimum Gasteiger partial charge on any atom is -0.365 e. The molecule has 0 aliphatic heterocycles. The number of hydrogen-bond donors (Lipinski definition) is 3. The number of hydrogen-bond acceptors (Lipinski definition) is 5. The zero-order valence-electron chi connectivity index (χ0n) is 19.6. The van der Waals surface area contributed by atoms with Crippen molar-refractivity contribution in [3.63, 3.8) is 0 Å². The summed E-state index contributed by atoms with van der Waals surface area (Å²) in [6, 6.07) is 23.3. The van der Waals surface area contributed by atoms with Gasteiger partial charge in [0, 0.05) is 35.5 Å². The number of nitrogens with one attached hydrogen (secondary N) is 3. The van der Waals surface area contributed by atoms with Crippen LogP contribution in [0, 0.1) is 0 Å². The molecule has 2 aromatic carbocycles. The van der Waals surface area contributed by atoms with E-state index in [1.165, 1.54) is 10.1 Å². The molecule has 3 N–H and O–H groups in total. The number of benzene rings is 2. The lowest BCUT2D eigenvalue weighted by molar-refractivity contribution is -0.121. The van der Waals surface area contributed by atoms with Crippen LogP contribution in [-0.4, -0.2) is 32.0 Å². The molecule has 36 heavy (non-hydrogen) atoms. The van der Waals surface area contributed by atoms with Gasteiger partial charge in [0.05, 0.1) is 18.4 Å².